The van der Waals surface area contributed by atoms with E-state index in [0.717, 1.165) is 12.0 Å². The van der Waals surface area contributed by atoms with Crippen LogP contribution in [0.2, 0.25) is 0 Å². The predicted molar refractivity (Wildman–Crippen MR) is 109 cm³/mol. The summed E-state index contributed by atoms with van der Waals surface area (Å²) in [5, 5.41) is 0. The van der Waals surface area contributed by atoms with Gasteiger partial charge in [0.2, 0.25) is 0 Å². The first kappa shape index (κ1) is 24.2. The molecule has 0 bridgehead atoms. The maximum atomic E-state index is 12.3. The van der Waals surface area contributed by atoms with Crippen molar-refractivity contribution in [2.24, 2.45) is 11.8 Å². The average molecular weight is 402 g/mol. The second-order valence-electron chi connectivity index (χ2n) is 6.95. The van der Waals surface area contributed by atoms with Crippen molar-refractivity contribution in [3.8, 4) is 12.3 Å². The third-order valence-corrected chi connectivity index (χ3v) is 4.77. The molecule has 0 aliphatic heterocycles. The van der Waals surface area contributed by atoms with E-state index < -0.39 is 6.16 Å². The fraction of sp³-hybridized carbons (Fsp3) is 0.522. The summed E-state index contributed by atoms with van der Waals surface area (Å²) in [5.41, 5.74) is 1.10. The molecule has 1 rings (SSSR count). The summed E-state index contributed by atoms with van der Waals surface area (Å²) < 4.78 is 14.5. The van der Waals surface area contributed by atoms with Crippen LogP contribution in [0, 0.1) is 24.2 Å². The first-order chi connectivity index (χ1) is 13.9. The molecule has 0 saturated heterocycles. The minimum atomic E-state index is -0.897. The van der Waals surface area contributed by atoms with Crippen molar-refractivity contribution in [2.45, 2.75) is 46.0 Å². The van der Waals surface area contributed by atoms with Crippen LogP contribution in [-0.4, -0.2) is 37.7 Å². The van der Waals surface area contributed by atoms with Crippen LogP contribution < -0.4 is 0 Å². The number of carbonyl (C=O) groups is 3. The summed E-state index contributed by atoms with van der Waals surface area (Å²) in [5.74, 6) is 1.61. The minimum Gasteiger partial charge on any atom is -0.462 e. The van der Waals surface area contributed by atoms with Crippen LogP contribution in [0.4, 0.5) is 4.79 Å². The second kappa shape index (κ2) is 13.4. The summed E-state index contributed by atoms with van der Waals surface area (Å²) in [6.07, 6.45) is 6.10. The van der Waals surface area contributed by atoms with Gasteiger partial charge in [0.05, 0.1) is 5.92 Å². The molecule has 6 nitrogen and oxygen atoms in total. The molecule has 0 amide bonds. The first-order valence-electron chi connectivity index (χ1n) is 9.84. The van der Waals surface area contributed by atoms with Gasteiger partial charge in [-0.25, -0.2) is 4.79 Å². The Morgan fingerprint density at radius 2 is 1.69 bits per heavy atom. The van der Waals surface area contributed by atoms with Crippen LogP contribution in [0.1, 0.15) is 51.5 Å². The van der Waals surface area contributed by atoms with E-state index in [1.165, 1.54) is 0 Å². The molecule has 158 valence electrons. The quantitative estimate of drug-likeness (QED) is 0.297. The molecule has 6 heteroatoms. The van der Waals surface area contributed by atoms with E-state index in [9.17, 15) is 14.4 Å². The Balaban J connectivity index is 2.59. The number of terminal acetylenes is 1. The number of hydrogen-bond acceptors (Lipinski definition) is 6. The van der Waals surface area contributed by atoms with E-state index >= 15 is 0 Å². The Kier molecular flexibility index (Phi) is 11.2. The molecular weight excluding hydrogens is 372 g/mol. The molecule has 3 atom stereocenters. The fourth-order valence-corrected chi connectivity index (χ4v) is 3.13. The van der Waals surface area contributed by atoms with Crippen molar-refractivity contribution in [1.82, 2.24) is 0 Å². The largest absolute Gasteiger partial charge is 0.509 e. The van der Waals surface area contributed by atoms with Gasteiger partial charge in [-0.3, -0.25) is 9.59 Å². The summed E-state index contributed by atoms with van der Waals surface area (Å²) in [6, 6.07) is 9.89. The number of ether oxygens (including phenoxy) is 3. The van der Waals surface area contributed by atoms with Crippen molar-refractivity contribution >= 4 is 17.9 Å². The van der Waals surface area contributed by atoms with E-state index in [1.807, 2.05) is 37.3 Å². The monoisotopic (exact) mass is 402 g/mol. The number of carbonyl (C=O) groups excluding carboxylic acids is 3. The summed E-state index contributed by atoms with van der Waals surface area (Å²) >= 11 is 0. The molecule has 0 saturated carbocycles. The normalized spacial score (nSPS) is 13.4. The summed E-state index contributed by atoms with van der Waals surface area (Å²) in [4.78, 5) is 35.4. The topological polar surface area (TPSA) is 78.9 Å². The van der Waals surface area contributed by atoms with Crippen LogP contribution in [0.15, 0.2) is 30.3 Å². The van der Waals surface area contributed by atoms with Crippen LogP contribution in [0.3, 0.4) is 0 Å². The van der Waals surface area contributed by atoms with Gasteiger partial charge in [-0.1, -0.05) is 50.1 Å². The standard InChI is InChI=1S/C23H30O6/c1-5-12-28-23(26)29-14-13-27-22(25)17(3)15-21(16-19(6-2)18(4)24)20-10-8-7-9-11-20/h1,7-11,17,19,21H,6,12-16H2,2-4H3. The predicted octanol–water partition coefficient (Wildman–Crippen LogP) is 4.13. The van der Waals surface area contributed by atoms with Crippen molar-refractivity contribution in [1.29, 1.82) is 0 Å². The van der Waals surface area contributed by atoms with Gasteiger partial charge >= 0.3 is 12.1 Å². The SMILES string of the molecule is C#CCOC(=O)OCCOC(=O)C(C)CC(CC(CC)C(C)=O)c1ccccc1. The van der Waals surface area contributed by atoms with Gasteiger partial charge in [0.15, 0.2) is 6.61 Å². The highest BCUT2D eigenvalue weighted by Crippen LogP contribution is 2.32. The zero-order chi connectivity index (χ0) is 21.6. The maximum Gasteiger partial charge on any atom is 0.509 e. The summed E-state index contributed by atoms with van der Waals surface area (Å²) in [7, 11) is 0. The lowest BCUT2D eigenvalue weighted by atomic mass is 9.81. The van der Waals surface area contributed by atoms with E-state index in [-0.39, 0.29) is 49.3 Å². The van der Waals surface area contributed by atoms with Crippen molar-refractivity contribution in [3.63, 3.8) is 0 Å². The fourth-order valence-electron chi connectivity index (χ4n) is 3.13. The minimum absolute atomic E-state index is 0.0363. The van der Waals surface area contributed by atoms with Crippen LogP contribution in [0.5, 0.6) is 0 Å². The van der Waals surface area contributed by atoms with Crippen LogP contribution in [-0.2, 0) is 23.8 Å². The van der Waals surface area contributed by atoms with E-state index in [2.05, 4.69) is 10.7 Å². The number of ketones is 1. The Morgan fingerprint density at radius 3 is 2.28 bits per heavy atom. The molecule has 0 N–H and O–H groups in total. The van der Waals surface area contributed by atoms with E-state index in [4.69, 9.17) is 15.9 Å². The maximum absolute atomic E-state index is 12.3. The van der Waals surface area contributed by atoms with E-state index in [0.29, 0.717) is 12.8 Å². The van der Waals surface area contributed by atoms with Crippen molar-refractivity contribution in [3.05, 3.63) is 35.9 Å². The molecule has 0 aliphatic carbocycles. The van der Waals surface area contributed by atoms with Crippen molar-refractivity contribution in [2.75, 3.05) is 19.8 Å². The highest BCUT2D eigenvalue weighted by molar-refractivity contribution is 5.78. The molecule has 0 radical (unpaired) electrons. The van der Waals surface area contributed by atoms with Gasteiger partial charge in [0.25, 0.3) is 0 Å². The smallest absolute Gasteiger partial charge is 0.462 e. The third-order valence-electron chi connectivity index (χ3n) is 4.77. The molecule has 0 fully saturated rings. The molecule has 1 aromatic rings. The number of hydrogen-bond donors (Lipinski definition) is 0. The van der Waals surface area contributed by atoms with Gasteiger partial charge in [-0.2, -0.15) is 0 Å². The Bertz CT molecular complexity index is 691. The molecule has 29 heavy (non-hydrogen) atoms. The molecule has 0 aliphatic rings. The number of esters is 1. The molecular formula is C23H30O6. The van der Waals surface area contributed by atoms with Gasteiger partial charge in [-0.15, -0.1) is 6.42 Å². The zero-order valence-corrected chi connectivity index (χ0v) is 17.4. The Labute approximate surface area is 172 Å². The lowest BCUT2D eigenvalue weighted by Crippen LogP contribution is -2.22. The van der Waals surface area contributed by atoms with E-state index in [1.54, 1.807) is 13.8 Å². The highest BCUT2D eigenvalue weighted by Gasteiger charge is 2.25. The average Bonchev–Trinajstić information content (AvgIpc) is 2.72. The van der Waals surface area contributed by atoms with Gasteiger partial charge in [0, 0.05) is 5.92 Å². The highest BCUT2D eigenvalue weighted by atomic mass is 16.7. The summed E-state index contributed by atoms with van der Waals surface area (Å²) in [6.45, 7) is 5.08. The van der Waals surface area contributed by atoms with Gasteiger partial charge < -0.3 is 14.2 Å². The van der Waals surface area contributed by atoms with Gasteiger partial charge in [0.1, 0.15) is 19.0 Å². The third kappa shape index (κ3) is 9.29. The zero-order valence-electron chi connectivity index (χ0n) is 17.4. The molecule has 0 spiro atoms. The van der Waals surface area contributed by atoms with Crippen LogP contribution >= 0.6 is 0 Å². The molecule has 3 unspecified atom stereocenters. The van der Waals surface area contributed by atoms with Gasteiger partial charge in [-0.05, 0) is 37.7 Å². The Hall–Kier alpha value is -2.81. The molecule has 1 aromatic carbocycles. The first-order valence-corrected chi connectivity index (χ1v) is 9.84. The lowest BCUT2D eigenvalue weighted by Gasteiger charge is -2.24. The second-order valence-corrected chi connectivity index (χ2v) is 6.95. The van der Waals surface area contributed by atoms with Crippen molar-refractivity contribution < 1.29 is 28.6 Å². The molecule has 0 heterocycles. The number of rotatable bonds is 12. The number of Topliss-reactive ketones (excluding diaryl/α,β-unsaturated/α-hetero) is 1. The molecule has 0 aromatic heterocycles. The lowest BCUT2D eigenvalue weighted by molar-refractivity contribution is -0.149. The van der Waals surface area contributed by atoms with Crippen LogP contribution in [0.25, 0.3) is 0 Å². The number of benzene rings is 1. The Morgan fingerprint density at radius 1 is 1.03 bits per heavy atom.